The summed E-state index contributed by atoms with van der Waals surface area (Å²) in [5.74, 6) is -0.251. The van der Waals surface area contributed by atoms with Crippen molar-refractivity contribution in [2.45, 2.75) is 26.3 Å². The smallest absolute Gasteiger partial charge is 0.406 e. The summed E-state index contributed by atoms with van der Waals surface area (Å²) >= 11 is 0. The summed E-state index contributed by atoms with van der Waals surface area (Å²) in [5, 5.41) is 0. The highest BCUT2D eigenvalue weighted by atomic mass is 19.4. The van der Waals surface area contributed by atoms with Crippen molar-refractivity contribution in [1.82, 2.24) is 0 Å². The van der Waals surface area contributed by atoms with E-state index in [2.05, 4.69) is 4.74 Å². The van der Waals surface area contributed by atoms with Gasteiger partial charge in [0.25, 0.3) is 0 Å². The average molecular weight is 295 g/mol. The Labute approximate surface area is 121 Å². The molecule has 5 heteroatoms. The van der Waals surface area contributed by atoms with E-state index in [1.807, 2.05) is 32.0 Å². The van der Waals surface area contributed by atoms with E-state index in [0.717, 1.165) is 22.3 Å². The minimum atomic E-state index is -4.68. The predicted molar refractivity (Wildman–Crippen MR) is 75.1 cm³/mol. The molecule has 1 unspecified atom stereocenters. The quantitative estimate of drug-likeness (QED) is 0.918. The van der Waals surface area contributed by atoms with Crippen LogP contribution in [0, 0.1) is 13.8 Å². The summed E-state index contributed by atoms with van der Waals surface area (Å²) < 4.78 is 40.2. The molecule has 0 radical (unpaired) electrons. The molecule has 0 aliphatic heterocycles. The Morgan fingerprint density at radius 3 is 1.90 bits per heavy atom. The summed E-state index contributed by atoms with van der Waals surface area (Å²) in [7, 11) is 0. The van der Waals surface area contributed by atoms with Crippen molar-refractivity contribution in [2.24, 2.45) is 5.73 Å². The summed E-state index contributed by atoms with van der Waals surface area (Å²) in [6.07, 6.45) is -4.68. The third kappa shape index (κ3) is 4.23. The van der Waals surface area contributed by atoms with Crippen LogP contribution < -0.4 is 10.5 Å². The largest absolute Gasteiger partial charge is 0.573 e. The van der Waals surface area contributed by atoms with E-state index in [9.17, 15) is 13.2 Å². The highest BCUT2D eigenvalue weighted by molar-refractivity contribution is 5.38. The van der Waals surface area contributed by atoms with Crippen LogP contribution in [0.1, 0.15) is 28.3 Å². The van der Waals surface area contributed by atoms with E-state index in [1.165, 1.54) is 12.1 Å². The Kier molecular flexibility index (Phi) is 4.23. The second kappa shape index (κ2) is 5.77. The van der Waals surface area contributed by atoms with Gasteiger partial charge in [0.05, 0.1) is 6.04 Å². The number of halogens is 3. The van der Waals surface area contributed by atoms with Crippen molar-refractivity contribution < 1.29 is 17.9 Å². The van der Waals surface area contributed by atoms with Crippen molar-refractivity contribution in [1.29, 1.82) is 0 Å². The summed E-state index contributed by atoms with van der Waals surface area (Å²) in [6.45, 7) is 3.95. The van der Waals surface area contributed by atoms with E-state index in [4.69, 9.17) is 5.73 Å². The van der Waals surface area contributed by atoms with Gasteiger partial charge in [0.15, 0.2) is 0 Å². The molecule has 0 aliphatic rings. The molecule has 0 amide bonds. The predicted octanol–water partition coefficient (Wildman–Crippen LogP) is 4.25. The third-order valence-corrected chi connectivity index (χ3v) is 3.08. The number of ether oxygens (including phenoxy) is 1. The van der Waals surface area contributed by atoms with Gasteiger partial charge in [-0.2, -0.15) is 0 Å². The van der Waals surface area contributed by atoms with Crippen LogP contribution in [0.15, 0.2) is 42.5 Å². The topological polar surface area (TPSA) is 35.2 Å². The zero-order valence-corrected chi connectivity index (χ0v) is 11.7. The van der Waals surface area contributed by atoms with Gasteiger partial charge in [-0.25, -0.2) is 0 Å². The lowest BCUT2D eigenvalue weighted by molar-refractivity contribution is -0.274. The van der Waals surface area contributed by atoms with Gasteiger partial charge in [0.1, 0.15) is 5.75 Å². The Hall–Kier alpha value is -2.01. The molecule has 0 fully saturated rings. The Bertz CT molecular complexity index is 600. The van der Waals surface area contributed by atoms with Gasteiger partial charge in [-0.05, 0) is 37.1 Å². The standard InChI is InChI=1S/C16H16F3NO/c1-10-7-11(2)9-13(8-10)15(20)12-3-5-14(6-4-12)21-16(17,18)19/h3-9,15H,20H2,1-2H3. The van der Waals surface area contributed by atoms with Gasteiger partial charge in [-0.3, -0.25) is 0 Å². The number of rotatable bonds is 3. The number of aryl methyl sites for hydroxylation is 2. The average Bonchev–Trinajstić information content (AvgIpc) is 2.35. The molecule has 0 aliphatic carbocycles. The van der Waals surface area contributed by atoms with Crippen LogP contribution in [0.4, 0.5) is 13.2 Å². The minimum Gasteiger partial charge on any atom is -0.406 e. The van der Waals surface area contributed by atoms with Gasteiger partial charge in [0.2, 0.25) is 0 Å². The van der Waals surface area contributed by atoms with Gasteiger partial charge < -0.3 is 10.5 Å². The third-order valence-electron chi connectivity index (χ3n) is 3.08. The van der Waals surface area contributed by atoms with Crippen molar-refractivity contribution in [3.63, 3.8) is 0 Å². The lowest BCUT2D eigenvalue weighted by Gasteiger charge is -2.15. The Morgan fingerprint density at radius 2 is 1.43 bits per heavy atom. The number of hydrogen-bond acceptors (Lipinski definition) is 2. The van der Waals surface area contributed by atoms with E-state index < -0.39 is 6.36 Å². The second-order valence-corrected chi connectivity index (χ2v) is 5.02. The summed E-state index contributed by atoms with van der Waals surface area (Å²) in [4.78, 5) is 0. The number of nitrogens with two attached hydrogens (primary N) is 1. The maximum atomic E-state index is 12.1. The zero-order valence-electron chi connectivity index (χ0n) is 11.7. The van der Waals surface area contributed by atoms with Crippen molar-refractivity contribution in [2.75, 3.05) is 0 Å². The van der Waals surface area contributed by atoms with Crippen LogP contribution in [0.3, 0.4) is 0 Å². The molecule has 2 rings (SSSR count). The van der Waals surface area contributed by atoms with Crippen molar-refractivity contribution in [3.05, 3.63) is 64.7 Å². The second-order valence-electron chi connectivity index (χ2n) is 5.02. The zero-order chi connectivity index (χ0) is 15.6. The van der Waals surface area contributed by atoms with Crippen LogP contribution in [-0.2, 0) is 0 Å². The molecule has 0 saturated carbocycles. The Morgan fingerprint density at radius 1 is 0.905 bits per heavy atom. The molecule has 0 heterocycles. The first kappa shape index (κ1) is 15.4. The summed E-state index contributed by atoms with van der Waals surface area (Å²) in [5.41, 5.74) is 10.0. The fourth-order valence-electron chi connectivity index (χ4n) is 2.26. The molecule has 0 aromatic heterocycles. The van der Waals surface area contributed by atoms with Crippen LogP contribution in [0.2, 0.25) is 0 Å². The molecule has 0 saturated heterocycles. The summed E-state index contributed by atoms with van der Waals surface area (Å²) in [6, 6.07) is 11.2. The molecule has 2 aromatic rings. The van der Waals surface area contributed by atoms with Crippen LogP contribution in [-0.4, -0.2) is 6.36 Å². The van der Waals surface area contributed by atoms with E-state index in [0.29, 0.717) is 0 Å². The maximum absolute atomic E-state index is 12.1. The van der Waals surface area contributed by atoms with Gasteiger partial charge >= 0.3 is 6.36 Å². The molecule has 0 spiro atoms. The van der Waals surface area contributed by atoms with Gasteiger partial charge in [-0.1, -0.05) is 41.5 Å². The molecule has 0 bridgehead atoms. The monoisotopic (exact) mass is 295 g/mol. The van der Waals surface area contributed by atoms with Crippen molar-refractivity contribution in [3.8, 4) is 5.75 Å². The van der Waals surface area contributed by atoms with Crippen molar-refractivity contribution >= 4 is 0 Å². The SMILES string of the molecule is Cc1cc(C)cc(C(N)c2ccc(OC(F)(F)F)cc2)c1. The molecular formula is C16H16F3NO. The maximum Gasteiger partial charge on any atom is 0.573 e. The molecule has 21 heavy (non-hydrogen) atoms. The van der Waals surface area contributed by atoms with Crippen LogP contribution in [0.25, 0.3) is 0 Å². The number of benzene rings is 2. The lowest BCUT2D eigenvalue weighted by Crippen LogP contribution is -2.17. The van der Waals surface area contributed by atoms with Gasteiger partial charge in [-0.15, -0.1) is 13.2 Å². The lowest BCUT2D eigenvalue weighted by atomic mass is 9.96. The van der Waals surface area contributed by atoms with E-state index in [1.54, 1.807) is 12.1 Å². The number of alkyl halides is 3. The van der Waals surface area contributed by atoms with Crippen LogP contribution >= 0.6 is 0 Å². The molecular weight excluding hydrogens is 279 g/mol. The fraction of sp³-hybridized carbons (Fsp3) is 0.250. The minimum absolute atomic E-state index is 0.251. The van der Waals surface area contributed by atoms with Gasteiger partial charge in [0, 0.05) is 0 Å². The van der Waals surface area contributed by atoms with E-state index >= 15 is 0 Å². The normalized spacial score (nSPS) is 13.0. The first-order valence-corrected chi connectivity index (χ1v) is 6.44. The fourth-order valence-corrected chi connectivity index (χ4v) is 2.26. The Balaban J connectivity index is 2.21. The molecule has 112 valence electrons. The molecule has 2 N–H and O–H groups in total. The first-order valence-electron chi connectivity index (χ1n) is 6.44. The number of hydrogen-bond donors (Lipinski definition) is 1. The highest BCUT2D eigenvalue weighted by Gasteiger charge is 2.31. The first-order chi connectivity index (χ1) is 9.74. The molecule has 1 atom stereocenters. The van der Waals surface area contributed by atoms with Crippen LogP contribution in [0.5, 0.6) is 5.75 Å². The highest BCUT2D eigenvalue weighted by Crippen LogP contribution is 2.26. The molecule has 2 nitrogen and oxygen atoms in total. The van der Waals surface area contributed by atoms with E-state index in [-0.39, 0.29) is 11.8 Å². The molecule has 2 aromatic carbocycles.